The molecule has 0 radical (unpaired) electrons. The van der Waals surface area contributed by atoms with Crippen molar-refractivity contribution in [2.24, 2.45) is 0 Å². The average Bonchev–Trinajstić information content (AvgIpc) is 2.12. The van der Waals surface area contributed by atoms with E-state index >= 15 is 0 Å². The van der Waals surface area contributed by atoms with Gasteiger partial charge >= 0.3 is 0 Å². The summed E-state index contributed by atoms with van der Waals surface area (Å²) in [7, 11) is 0. The van der Waals surface area contributed by atoms with Gasteiger partial charge < -0.3 is 0 Å². The van der Waals surface area contributed by atoms with Crippen LogP contribution in [0.1, 0.15) is 6.92 Å². The van der Waals surface area contributed by atoms with E-state index in [0.717, 1.165) is 0 Å². The van der Waals surface area contributed by atoms with Crippen LogP contribution in [0, 0.1) is 0 Å². The quantitative estimate of drug-likeness (QED) is 0.484. The average molecular weight is 130 g/mol. The van der Waals surface area contributed by atoms with Crippen LogP contribution < -0.4 is 4.83 Å². The van der Waals surface area contributed by atoms with Gasteiger partial charge in [0.15, 0.2) is 0 Å². The molecule has 1 N–H and O–H groups in total. The smallest absolute Gasteiger partial charge is 0.238 e. The molecule has 1 heterocycles. The van der Waals surface area contributed by atoms with Gasteiger partial charge in [-0.1, -0.05) is 0 Å². The molecule has 0 spiro atoms. The molecule has 1 amide bonds. The molecule has 0 aromatic heterocycles. The number of nitrogens with one attached hydrogen (secondary N) is 1. The van der Waals surface area contributed by atoms with Gasteiger partial charge in [0.25, 0.3) is 0 Å². The van der Waals surface area contributed by atoms with E-state index in [4.69, 9.17) is 0 Å². The van der Waals surface area contributed by atoms with E-state index in [0.29, 0.717) is 0 Å². The first-order chi connectivity index (χ1) is 3.80. The van der Waals surface area contributed by atoms with E-state index in [1.807, 2.05) is 0 Å². The Kier molecular flexibility index (Phi) is 1.55. The van der Waals surface area contributed by atoms with Crippen molar-refractivity contribution in [3.05, 3.63) is 11.6 Å². The Bertz CT molecular complexity index is 134. The van der Waals surface area contributed by atoms with E-state index in [-0.39, 0.29) is 5.91 Å². The maximum Gasteiger partial charge on any atom is 0.238 e. The predicted octanol–water partition coefficient (Wildman–Crippen LogP) is 0.473. The van der Waals surface area contributed by atoms with Crippen molar-refractivity contribution in [2.45, 2.75) is 6.92 Å². The van der Waals surface area contributed by atoms with Crippen LogP contribution >= 0.6 is 11.9 Å². The molecule has 0 saturated heterocycles. The molecule has 0 saturated carbocycles. The lowest BCUT2D eigenvalue weighted by atomic mass is 10.7. The molecule has 0 aromatic rings. The Morgan fingerprint density at radius 2 is 2.62 bits per heavy atom. The minimum Gasteiger partial charge on any atom is -0.273 e. The molecule has 4 heteroatoms. The third-order valence-electron chi connectivity index (χ3n) is 0.768. The van der Waals surface area contributed by atoms with Crippen LogP contribution in [0.2, 0.25) is 0 Å². The molecule has 0 aliphatic carbocycles. The zero-order chi connectivity index (χ0) is 5.98. The Hall–Kier alpha value is -0.480. The molecule has 44 valence electrons. The van der Waals surface area contributed by atoms with Gasteiger partial charge in [-0.25, -0.2) is 5.01 Å². The summed E-state index contributed by atoms with van der Waals surface area (Å²) >= 11 is 1.39. The van der Waals surface area contributed by atoms with Crippen LogP contribution in [0.3, 0.4) is 0 Å². The van der Waals surface area contributed by atoms with Gasteiger partial charge in [0, 0.05) is 18.5 Å². The number of carbonyl (C=O) groups excluding carboxylic acids is 1. The molecule has 3 nitrogen and oxygen atoms in total. The Morgan fingerprint density at radius 1 is 1.88 bits per heavy atom. The minimum atomic E-state index is 0.00579. The van der Waals surface area contributed by atoms with Gasteiger partial charge in [0.2, 0.25) is 5.91 Å². The highest BCUT2D eigenvalue weighted by Gasteiger charge is 2.06. The van der Waals surface area contributed by atoms with Gasteiger partial charge in [-0.2, -0.15) is 4.83 Å². The molecule has 1 aliphatic heterocycles. The summed E-state index contributed by atoms with van der Waals surface area (Å²) in [4.78, 5) is 13.2. The number of hydrogen-bond acceptors (Lipinski definition) is 3. The molecule has 1 aliphatic rings. The molecular weight excluding hydrogens is 124 g/mol. The summed E-state index contributed by atoms with van der Waals surface area (Å²) in [6.45, 7) is 1.50. The van der Waals surface area contributed by atoms with Crippen LogP contribution in [-0.4, -0.2) is 10.9 Å². The molecule has 1 rings (SSSR count). The van der Waals surface area contributed by atoms with Gasteiger partial charge in [-0.05, 0) is 11.9 Å². The first-order valence-electron chi connectivity index (χ1n) is 2.18. The number of hydrogen-bond donors (Lipinski definition) is 1. The summed E-state index contributed by atoms with van der Waals surface area (Å²) in [5, 5.41) is 3.23. The zero-order valence-corrected chi connectivity index (χ0v) is 5.23. The monoisotopic (exact) mass is 130 g/mol. The molecule has 0 fully saturated rings. The fourth-order valence-corrected chi connectivity index (χ4v) is 0.925. The highest BCUT2D eigenvalue weighted by Crippen LogP contribution is 2.06. The van der Waals surface area contributed by atoms with Crippen molar-refractivity contribution < 1.29 is 4.79 Å². The third-order valence-corrected chi connectivity index (χ3v) is 1.33. The highest BCUT2D eigenvalue weighted by molar-refractivity contribution is 8.00. The normalized spacial score (nSPS) is 17.4. The van der Waals surface area contributed by atoms with Crippen molar-refractivity contribution in [2.75, 3.05) is 0 Å². The molecule has 0 aromatic carbocycles. The number of nitrogens with zero attached hydrogens (tertiary/aromatic N) is 1. The maximum absolute atomic E-state index is 10.4. The molecular formula is C4H6N2OS. The van der Waals surface area contributed by atoms with E-state index in [1.54, 1.807) is 11.6 Å². The molecule has 0 atom stereocenters. The number of hydrazine groups is 1. The predicted molar refractivity (Wildman–Crippen MR) is 32.4 cm³/mol. The topological polar surface area (TPSA) is 32.3 Å². The third kappa shape index (κ3) is 1.02. The second-order valence-corrected chi connectivity index (χ2v) is 2.07. The SMILES string of the molecule is CC(=O)N1C=CSN1. The Labute approximate surface area is 51.8 Å². The van der Waals surface area contributed by atoms with Crippen LogP contribution in [0.25, 0.3) is 0 Å². The lowest BCUT2D eigenvalue weighted by Crippen LogP contribution is -2.28. The van der Waals surface area contributed by atoms with Gasteiger partial charge in [-0.3, -0.25) is 4.79 Å². The first kappa shape index (κ1) is 5.65. The largest absolute Gasteiger partial charge is 0.273 e. The molecule has 0 unspecified atom stereocenters. The van der Waals surface area contributed by atoms with Gasteiger partial charge in [0.1, 0.15) is 0 Å². The van der Waals surface area contributed by atoms with Crippen LogP contribution in [-0.2, 0) is 4.79 Å². The number of rotatable bonds is 0. The van der Waals surface area contributed by atoms with Crippen molar-refractivity contribution in [1.82, 2.24) is 9.84 Å². The minimum absolute atomic E-state index is 0.00579. The number of carbonyl (C=O) groups is 1. The fourth-order valence-electron chi connectivity index (χ4n) is 0.378. The fraction of sp³-hybridized carbons (Fsp3) is 0.250. The summed E-state index contributed by atoms with van der Waals surface area (Å²) < 4.78 is 0. The maximum atomic E-state index is 10.4. The second-order valence-electron chi connectivity index (χ2n) is 1.38. The first-order valence-corrected chi connectivity index (χ1v) is 3.06. The highest BCUT2D eigenvalue weighted by atomic mass is 32.2. The summed E-state index contributed by atoms with van der Waals surface area (Å²) in [5.41, 5.74) is 0. The van der Waals surface area contributed by atoms with E-state index in [2.05, 4.69) is 4.83 Å². The lowest BCUT2D eigenvalue weighted by molar-refractivity contribution is -0.127. The van der Waals surface area contributed by atoms with Crippen molar-refractivity contribution in [1.29, 1.82) is 0 Å². The Balaban J connectivity index is 2.48. The van der Waals surface area contributed by atoms with Crippen LogP contribution in [0.15, 0.2) is 11.6 Å². The van der Waals surface area contributed by atoms with Crippen molar-refractivity contribution in [3.8, 4) is 0 Å². The summed E-state index contributed by atoms with van der Waals surface area (Å²) in [6, 6.07) is 0. The standard InChI is InChI=1S/C4H6N2OS/c1-4(7)6-2-3-8-5-6/h2-3,5H,1H3. The number of amides is 1. The van der Waals surface area contributed by atoms with Gasteiger partial charge in [0.05, 0.1) is 0 Å². The zero-order valence-electron chi connectivity index (χ0n) is 4.42. The molecule has 0 bridgehead atoms. The van der Waals surface area contributed by atoms with E-state index < -0.39 is 0 Å². The van der Waals surface area contributed by atoms with Crippen LogP contribution in [0.5, 0.6) is 0 Å². The van der Waals surface area contributed by atoms with Crippen molar-refractivity contribution in [3.63, 3.8) is 0 Å². The summed E-state index contributed by atoms with van der Waals surface area (Å²) in [5.74, 6) is 0.00579. The van der Waals surface area contributed by atoms with Crippen molar-refractivity contribution >= 4 is 17.9 Å². The summed E-state index contributed by atoms with van der Waals surface area (Å²) in [6.07, 6.45) is 1.69. The van der Waals surface area contributed by atoms with Crippen LogP contribution in [0.4, 0.5) is 0 Å². The molecule has 8 heavy (non-hydrogen) atoms. The van der Waals surface area contributed by atoms with E-state index in [9.17, 15) is 4.79 Å². The van der Waals surface area contributed by atoms with Gasteiger partial charge in [-0.15, -0.1) is 0 Å². The Morgan fingerprint density at radius 3 is 2.88 bits per heavy atom. The van der Waals surface area contributed by atoms with E-state index in [1.165, 1.54) is 23.9 Å². The second kappa shape index (κ2) is 2.19. The lowest BCUT2D eigenvalue weighted by Gasteiger charge is -2.07.